The Morgan fingerprint density at radius 2 is 1.57 bits per heavy atom. The minimum absolute atomic E-state index is 0.0578. The van der Waals surface area contributed by atoms with Gasteiger partial charge in [0.25, 0.3) is 0 Å². The van der Waals surface area contributed by atoms with Gasteiger partial charge in [-0.15, -0.1) is 0 Å². The molecule has 49 heavy (non-hydrogen) atoms. The van der Waals surface area contributed by atoms with Crippen molar-refractivity contribution in [1.29, 1.82) is 0 Å². The van der Waals surface area contributed by atoms with Crippen LogP contribution in [0.4, 0.5) is 0 Å². The summed E-state index contributed by atoms with van der Waals surface area (Å²) in [5.74, 6) is -0.551. The molecule has 11 nitrogen and oxygen atoms in total. The third-order valence-corrected chi connectivity index (χ3v) is 16.2. The summed E-state index contributed by atoms with van der Waals surface area (Å²) in [7, 11) is 0. The van der Waals surface area contributed by atoms with Gasteiger partial charge in [-0.2, -0.15) is 0 Å². The van der Waals surface area contributed by atoms with Crippen molar-refractivity contribution in [2.45, 2.75) is 180 Å². The van der Waals surface area contributed by atoms with Crippen LogP contribution in [0.5, 0.6) is 0 Å². The Morgan fingerprint density at radius 1 is 0.878 bits per heavy atom. The molecule has 7 rings (SSSR count). The molecule has 17 atom stereocenters. The van der Waals surface area contributed by atoms with E-state index in [1.165, 1.54) is 6.92 Å². The van der Waals surface area contributed by atoms with E-state index in [-0.39, 0.29) is 45.5 Å². The van der Waals surface area contributed by atoms with Gasteiger partial charge in [-0.3, -0.25) is 4.79 Å². The van der Waals surface area contributed by atoms with Crippen molar-refractivity contribution in [3.8, 4) is 0 Å². The van der Waals surface area contributed by atoms with E-state index in [1.54, 1.807) is 13.8 Å². The van der Waals surface area contributed by atoms with Gasteiger partial charge in [0, 0.05) is 12.8 Å². The molecule has 5 aliphatic carbocycles. The van der Waals surface area contributed by atoms with Crippen LogP contribution < -0.4 is 0 Å². The fourth-order valence-electron chi connectivity index (χ4n) is 14.0. The van der Waals surface area contributed by atoms with Gasteiger partial charge in [0.05, 0.1) is 42.2 Å². The molecule has 0 aromatic carbocycles. The summed E-state index contributed by atoms with van der Waals surface area (Å²) in [6.07, 6.45) is -0.805. The predicted molar refractivity (Wildman–Crippen MR) is 177 cm³/mol. The molecule has 5 saturated carbocycles. The molecule has 7 aliphatic rings. The fraction of sp³-hybridized carbons (Fsp3) is 0.974. The van der Waals surface area contributed by atoms with Gasteiger partial charge in [0.1, 0.15) is 18.3 Å². The average molecular weight is 695 g/mol. The van der Waals surface area contributed by atoms with E-state index in [1.807, 2.05) is 0 Å². The Hall–Kier alpha value is -0.890. The topological polar surface area (TPSA) is 175 Å². The SMILES string of the molecule is CC(=O)OC1C(O)C(CO)OC(OC2CCC34CC35CCC3(C)C(C6(C)CCC(C(C)(C)O)O6)C(O)CC3(C)C5CC(O)C4C2(C)C)C1O. The molecule has 280 valence electrons. The first-order valence-electron chi connectivity index (χ1n) is 18.8. The highest BCUT2D eigenvalue weighted by Crippen LogP contribution is 2.89. The number of carbonyl (C=O) groups excluding carboxylic acids is 1. The molecule has 2 aliphatic heterocycles. The van der Waals surface area contributed by atoms with E-state index >= 15 is 0 Å². The molecule has 11 heteroatoms. The summed E-state index contributed by atoms with van der Waals surface area (Å²) in [6, 6.07) is 0. The maximum absolute atomic E-state index is 12.3. The van der Waals surface area contributed by atoms with Crippen molar-refractivity contribution < 1.29 is 54.4 Å². The van der Waals surface area contributed by atoms with Crippen molar-refractivity contribution in [1.82, 2.24) is 0 Å². The van der Waals surface area contributed by atoms with E-state index in [2.05, 4.69) is 34.6 Å². The van der Waals surface area contributed by atoms with Gasteiger partial charge in [0.15, 0.2) is 12.4 Å². The summed E-state index contributed by atoms with van der Waals surface area (Å²) in [6.45, 7) is 15.4. The minimum Gasteiger partial charge on any atom is -0.457 e. The van der Waals surface area contributed by atoms with Crippen molar-refractivity contribution in [3.63, 3.8) is 0 Å². The molecule has 0 amide bonds. The summed E-state index contributed by atoms with van der Waals surface area (Å²) in [4.78, 5) is 11.8. The van der Waals surface area contributed by atoms with E-state index in [0.717, 1.165) is 38.5 Å². The van der Waals surface area contributed by atoms with E-state index < -0.39 is 78.2 Å². The molecule has 17 unspecified atom stereocenters. The third kappa shape index (κ3) is 4.88. The summed E-state index contributed by atoms with van der Waals surface area (Å²) >= 11 is 0. The number of hydrogen-bond acceptors (Lipinski definition) is 11. The Bertz CT molecular complexity index is 1320. The lowest BCUT2D eigenvalue weighted by atomic mass is 9.41. The number of fused-ring (bicyclic) bond motifs is 2. The zero-order chi connectivity index (χ0) is 35.9. The first-order chi connectivity index (χ1) is 22.6. The zero-order valence-electron chi connectivity index (χ0n) is 30.7. The van der Waals surface area contributed by atoms with Crippen molar-refractivity contribution in [2.24, 2.45) is 44.8 Å². The third-order valence-electron chi connectivity index (χ3n) is 16.2. The van der Waals surface area contributed by atoms with Gasteiger partial charge in [-0.05, 0) is 117 Å². The molecule has 0 aromatic rings. The molecule has 2 heterocycles. The van der Waals surface area contributed by atoms with Crippen LogP contribution in [0.25, 0.3) is 0 Å². The minimum atomic E-state index is -1.46. The van der Waals surface area contributed by atoms with Crippen LogP contribution in [0.1, 0.15) is 113 Å². The molecule has 0 bridgehead atoms. The quantitative estimate of drug-likeness (QED) is 0.178. The second kappa shape index (κ2) is 11.3. The number of carbonyl (C=O) groups is 1. The van der Waals surface area contributed by atoms with Crippen LogP contribution in [-0.4, -0.2) is 110 Å². The first kappa shape index (κ1) is 36.5. The molecule has 2 spiro atoms. The standard InChI is InChI=1S/C38H62O11/c1-19(40)46-28-26(43)22(17-39)47-31(27(28)44)48-24-10-12-38-18-37(38)14-13-34(6)30(36(8)11-9-25(49-36)33(4,5)45)21(42)16-35(34,7)23(37)15-20(41)29(38)32(24,2)3/h20-31,39,41-45H,9-18H2,1-8H3. The largest absolute Gasteiger partial charge is 0.457 e. The maximum atomic E-state index is 12.3. The van der Waals surface area contributed by atoms with Crippen molar-refractivity contribution in [2.75, 3.05) is 6.61 Å². The Morgan fingerprint density at radius 3 is 2.18 bits per heavy atom. The Kier molecular flexibility index (Phi) is 8.42. The lowest BCUT2D eigenvalue weighted by Gasteiger charge is -2.64. The van der Waals surface area contributed by atoms with E-state index in [9.17, 15) is 35.4 Å². The van der Waals surface area contributed by atoms with Gasteiger partial charge in [-0.25, -0.2) is 0 Å². The van der Waals surface area contributed by atoms with Crippen LogP contribution in [-0.2, 0) is 23.7 Å². The van der Waals surface area contributed by atoms with Gasteiger partial charge < -0.3 is 49.6 Å². The number of ether oxygens (including phenoxy) is 4. The second-order valence-corrected chi connectivity index (χ2v) is 19.3. The Labute approximate surface area is 291 Å². The highest BCUT2D eigenvalue weighted by atomic mass is 16.7. The highest BCUT2D eigenvalue weighted by Gasteiger charge is 2.85. The van der Waals surface area contributed by atoms with E-state index in [4.69, 9.17) is 18.9 Å². The number of esters is 1. The number of hydrogen-bond donors (Lipinski definition) is 6. The van der Waals surface area contributed by atoms with Gasteiger partial charge in [0.2, 0.25) is 0 Å². The normalized spacial score (nSPS) is 56.3. The van der Waals surface area contributed by atoms with Crippen LogP contribution in [0.2, 0.25) is 0 Å². The van der Waals surface area contributed by atoms with Crippen LogP contribution in [0.15, 0.2) is 0 Å². The van der Waals surface area contributed by atoms with Crippen LogP contribution >= 0.6 is 0 Å². The molecule has 0 radical (unpaired) electrons. The highest BCUT2D eigenvalue weighted by molar-refractivity contribution is 5.66. The molecular weight excluding hydrogens is 632 g/mol. The molecule has 2 saturated heterocycles. The van der Waals surface area contributed by atoms with E-state index in [0.29, 0.717) is 19.3 Å². The second-order valence-electron chi connectivity index (χ2n) is 19.3. The summed E-state index contributed by atoms with van der Waals surface area (Å²) < 4.78 is 24.3. The van der Waals surface area contributed by atoms with Crippen molar-refractivity contribution >= 4 is 5.97 Å². The van der Waals surface area contributed by atoms with Crippen LogP contribution in [0, 0.1) is 44.8 Å². The monoisotopic (exact) mass is 694 g/mol. The number of rotatable bonds is 6. The number of aliphatic hydroxyl groups is 6. The lowest BCUT2D eigenvalue weighted by Crippen LogP contribution is -2.64. The molecule has 0 aromatic heterocycles. The predicted octanol–water partition coefficient (Wildman–Crippen LogP) is 2.83. The summed E-state index contributed by atoms with van der Waals surface area (Å²) in [5.41, 5.74) is -2.40. The summed E-state index contributed by atoms with van der Waals surface area (Å²) in [5, 5.41) is 66.7. The maximum Gasteiger partial charge on any atom is 0.303 e. The fourth-order valence-corrected chi connectivity index (χ4v) is 14.0. The van der Waals surface area contributed by atoms with Gasteiger partial charge in [-0.1, -0.05) is 27.7 Å². The first-order valence-corrected chi connectivity index (χ1v) is 18.8. The van der Waals surface area contributed by atoms with Crippen LogP contribution in [0.3, 0.4) is 0 Å². The Balaban J connectivity index is 1.14. The average Bonchev–Trinajstić information content (AvgIpc) is 3.34. The van der Waals surface area contributed by atoms with Crippen molar-refractivity contribution in [3.05, 3.63) is 0 Å². The smallest absolute Gasteiger partial charge is 0.303 e. The zero-order valence-corrected chi connectivity index (χ0v) is 30.7. The molecular formula is C38H62O11. The number of aliphatic hydroxyl groups excluding tert-OH is 5. The lowest BCUT2D eigenvalue weighted by molar-refractivity contribution is -0.330. The molecule has 7 fully saturated rings. The van der Waals surface area contributed by atoms with Gasteiger partial charge >= 0.3 is 5.97 Å². The molecule has 6 N–H and O–H groups in total.